The highest BCUT2D eigenvalue weighted by Crippen LogP contribution is 2.30. The van der Waals surface area contributed by atoms with Gasteiger partial charge in [-0.3, -0.25) is 14.5 Å². The number of fused-ring (bicyclic) bond motifs is 1. The largest absolute Gasteiger partial charge is 0.494 e. The number of aromatic nitrogens is 3. The quantitative estimate of drug-likeness (QED) is 0.673. The number of hydrogen-bond acceptors (Lipinski definition) is 5. The third kappa shape index (κ3) is 2.34. The molecule has 2 aromatic carbocycles. The number of carbonyl (C=O) groups is 2. The number of carbonyl (C=O) groups excluding carboxylic acids is 2. The van der Waals surface area contributed by atoms with E-state index < -0.39 is 17.6 Å². The molecule has 0 saturated heterocycles. The molecule has 0 fully saturated rings. The van der Waals surface area contributed by atoms with Crippen LogP contribution in [0.25, 0.3) is 5.69 Å². The van der Waals surface area contributed by atoms with Crippen molar-refractivity contribution in [2.45, 2.75) is 6.54 Å². The number of hydrogen-bond donors (Lipinski definition) is 0. The Balaban J connectivity index is 1.79. The minimum absolute atomic E-state index is 0.0143. The van der Waals surface area contributed by atoms with Crippen LogP contribution in [0.3, 0.4) is 0 Å². The topological polar surface area (TPSA) is 77.3 Å². The minimum Gasteiger partial charge on any atom is -0.494 e. The third-order valence-electron chi connectivity index (χ3n) is 4.27. The number of rotatable bonds is 4. The number of halogens is 1. The molecule has 8 heteroatoms. The second-order valence-corrected chi connectivity index (χ2v) is 5.67. The molecule has 1 aromatic heterocycles. The fourth-order valence-electron chi connectivity index (χ4n) is 2.99. The Bertz CT molecular complexity index is 982. The molecule has 3 aromatic rings. The summed E-state index contributed by atoms with van der Waals surface area (Å²) >= 11 is 0. The van der Waals surface area contributed by atoms with Crippen molar-refractivity contribution in [2.24, 2.45) is 0 Å². The van der Waals surface area contributed by atoms with E-state index in [0.29, 0.717) is 16.8 Å². The van der Waals surface area contributed by atoms with Gasteiger partial charge in [-0.15, -0.1) is 5.10 Å². The number of methoxy groups -OCH3 is 1. The molecule has 1 aliphatic rings. The molecule has 2 amide bonds. The molecule has 7 nitrogen and oxygen atoms in total. The van der Waals surface area contributed by atoms with Crippen LogP contribution in [0.2, 0.25) is 0 Å². The predicted octanol–water partition coefficient (Wildman–Crippen LogP) is 2.21. The summed E-state index contributed by atoms with van der Waals surface area (Å²) in [5.41, 5.74) is 1.10. The molecule has 0 spiro atoms. The smallest absolute Gasteiger partial charge is 0.261 e. The van der Waals surface area contributed by atoms with E-state index in [1.165, 1.54) is 24.1 Å². The molecule has 0 radical (unpaired) electrons. The molecule has 0 N–H and O–H groups in total. The second kappa shape index (κ2) is 6.07. The Morgan fingerprint density at radius 1 is 1.08 bits per heavy atom. The Morgan fingerprint density at radius 3 is 2.35 bits per heavy atom. The number of nitrogens with zero attached hydrogens (tertiary/aromatic N) is 4. The second-order valence-electron chi connectivity index (χ2n) is 5.67. The normalized spacial score (nSPS) is 13.2. The van der Waals surface area contributed by atoms with Gasteiger partial charge in [-0.1, -0.05) is 17.3 Å². The van der Waals surface area contributed by atoms with Crippen molar-refractivity contribution in [3.8, 4) is 11.4 Å². The first-order valence-electron chi connectivity index (χ1n) is 7.79. The summed E-state index contributed by atoms with van der Waals surface area (Å²) in [4.78, 5) is 26.2. The van der Waals surface area contributed by atoms with E-state index in [2.05, 4.69) is 10.3 Å². The van der Waals surface area contributed by atoms with Crippen molar-refractivity contribution in [3.63, 3.8) is 0 Å². The van der Waals surface area contributed by atoms with Gasteiger partial charge in [-0.25, -0.2) is 9.07 Å². The van der Waals surface area contributed by atoms with Gasteiger partial charge in [0.15, 0.2) is 11.6 Å². The highest BCUT2D eigenvalue weighted by Gasteiger charge is 2.36. The summed E-state index contributed by atoms with van der Waals surface area (Å²) < 4.78 is 21.3. The zero-order valence-corrected chi connectivity index (χ0v) is 13.7. The monoisotopic (exact) mass is 352 g/mol. The van der Waals surface area contributed by atoms with Crippen molar-refractivity contribution < 1.29 is 18.7 Å². The lowest BCUT2D eigenvalue weighted by molar-refractivity contribution is 0.0640. The lowest BCUT2D eigenvalue weighted by Crippen LogP contribution is -2.30. The highest BCUT2D eigenvalue weighted by molar-refractivity contribution is 6.21. The van der Waals surface area contributed by atoms with Crippen molar-refractivity contribution in [1.29, 1.82) is 0 Å². The fourth-order valence-corrected chi connectivity index (χ4v) is 2.99. The van der Waals surface area contributed by atoms with Gasteiger partial charge in [0.2, 0.25) is 0 Å². The summed E-state index contributed by atoms with van der Waals surface area (Å²) in [5.74, 6) is -1.56. The van der Waals surface area contributed by atoms with Crippen LogP contribution in [0.15, 0.2) is 48.8 Å². The summed E-state index contributed by atoms with van der Waals surface area (Å²) in [6.45, 7) is -0.245. The fraction of sp³-hybridized carbons (Fsp3) is 0.111. The molecule has 130 valence electrons. The van der Waals surface area contributed by atoms with E-state index in [1.54, 1.807) is 36.5 Å². The summed E-state index contributed by atoms with van der Waals surface area (Å²) in [7, 11) is 1.35. The van der Waals surface area contributed by atoms with Crippen LogP contribution >= 0.6 is 0 Å². The predicted molar refractivity (Wildman–Crippen MR) is 88.5 cm³/mol. The molecular formula is C18H13FN4O3. The first kappa shape index (κ1) is 15.9. The SMILES string of the molecule is COc1ccc(-n2ccnn2)c(CN2C(=O)c3ccccc3C2=O)c1F. The van der Waals surface area contributed by atoms with E-state index in [9.17, 15) is 14.0 Å². The minimum atomic E-state index is -0.656. The van der Waals surface area contributed by atoms with Crippen LogP contribution in [-0.4, -0.2) is 38.8 Å². The van der Waals surface area contributed by atoms with Crippen molar-refractivity contribution in [3.05, 3.63) is 71.3 Å². The average Bonchev–Trinajstić information content (AvgIpc) is 3.27. The van der Waals surface area contributed by atoms with Crippen LogP contribution in [0.1, 0.15) is 26.3 Å². The summed E-state index contributed by atoms with van der Waals surface area (Å²) in [6.07, 6.45) is 3.00. The first-order chi connectivity index (χ1) is 12.6. The summed E-state index contributed by atoms with van der Waals surface area (Å²) in [6, 6.07) is 9.58. The van der Waals surface area contributed by atoms with Crippen LogP contribution in [-0.2, 0) is 6.54 Å². The van der Waals surface area contributed by atoms with Crippen molar-refractivity contribution in [1.82, 2.24) is 19.9 Å². The molecule has 0 unspecified atom stereocenters. The maximum absolute atomic E-state index is 14.9. The van der Waals surface area contributed by atoms with Crippen LogP contribution in [0.5, 0.6) is 5.75 Å². The van der Waals surface area contributed by atoms with Gasteiger partial charge >= 0.3 is 0 Å². The first-order valence-corrected chi connectivity index (χ1v) is 7.79. The maximum atomic E-state index is 14.9. The zero-order valence-electron chi connectivity index (χ0n) is 13.7. The standard InChI is InChI=1S/C18H13FN4O3/c1-26-15-7-6-14(23-9-8-20-21-23)13(16(15)19)10-22-17(24)11-4-2-3-5-12(11)18(22)25/h2-9H,10H2,1H3. The Hall–Kier alpha value is -3.55. The molecule has 0 bridgehead atoms. The molecule has 2 heterocycles. The van der Waals surface area contributed by atoms with Gasteiger partial charge in [0.1, 0.15) is 0 Å². The van der Waals surface area contributed by atoms with Gasteiger partial charge < -0.3 is 4.74 Å². The third-order valence-corrected chi connectivity index (χ3v) is 4.27. The molecule has 1 aliphatic heterocycles. The molecule has 0 atom stereocenters. The van der Waals surface area contributed by atoms with E-state index in [-0.39, 0.29) is 17.9 Å². The number of imide groups is 1. The lowest BCUT2D eigenvalue weighted by atomic mass is 10.1. The van der Waals surface area contributed by atoms with Crippen molar-refractivity contribution >= 4 is 11.8 Å². The van der Waals surface area contributed by atoms with E-state index in [1.807, 2.05) is 0 Å². The van der Waals surface area contributed by atoms with Gasteiger partial charge in [0, 0.05) is 5.56 Å². The average molecular weight is 352 g/mol. The number of ether oxygens (including phenoxy) is 1. The maximum Gasteiger partial charge on any atom is 0.261 e. The van der Waals surface area contributed by atoms with Crippen molar-refractivity contribution in [2.75, 3.05) is 7.11 Å². The van der Waals surface area contributed by atoms with Crippen LogP contribution in [0, 0.1) is 5.82 Å². The molecule has 4 rings (SSSR count). The molecular weight excluding hydrogens is 339 g/mol. The lowest BCUT2D eigenvalue weighted by Gasteiger charge is -2.18. The van der Waals surface area contributed by atoms with E-state index in [0.717, 1.165) is 4.90 Å². The Morgan fingerprint density at radius 2 is 1.77 bits per heavy atom. The van der Waals surface area contributed by atoms with Crippen LogP contribution in [0.4, 0.5) is 4.39 Å². The Labute approximate surface area is 147 Å². The Kier molecular flexibility index (Phi) is 3.72. The van der Waals surface area contributed by atoms with Gasteiger partial charge in [0.25, 0.3) is 11.8 Å². The van der Waals surface area contributed by atoms with E-state index in [4.69, 9.17) is 4.74 Å². The molecule has 26 heavy (non-hydrogen) atoms. The number of amides is 2. The van der Waals surface area contributed by atoms with Crippen LogP contribution < -0.4 is 4.74 Å². The van der Waals surface area contributed by atoms with Gasteiger partial charge in [-0.2, -0.15) is 0 Å². The highest BCUT2D eigenvalue weighted by atomic mass is 19.1. The van der Waals surface area contributed by atoms with Gasteiger partial charge in [-0.05, 0) is 24.3 Å². The zero-order chi connectivity index (χ0) is 18.3. The van der Waals surface area contributed by atoms with E-state index >= 15 is 0 Å². The molecule has 0 saturated carbocycles. The number of benzene rings is 2. The van der Waals surface area contributed by atoms with Gasteiger partial charge in [0.05, 0.1) is 42.9 Å². The summed E-state index contributed by atoms with van der Waals surface area (Å²) in [5, 5.41) is 7.58. The molecule has 0 aliphatic carbocycles.